The number of fused-ring (bicyclic) bond motifs is 1. The first kappa shape index (κ1) is 26.2. The number of carbonyl (C=O) groups excluding carboxylic acids is 1. The number of aliphatic hydroxyl groups is 3. The number of aliphatic hydroxyl groups excluding tert-OH is 3. The molecule has 3 aliphatic rings. The van der Waals surface area contributed by atoms with Crippen molar-refractivity contribution in [3.8, 4) is 0 Å². The monoisotopic (exact) mass is 460 g/mol. The number of methoxy groups -OCH3 is 1. The Kier molecular flexibility index (Phi) is 8.29. The predicted octanol–water partition coefficient (Wildman–Crippen LogP) is 4.71. The van der Waals surface area contributed by atoms with E-state index < -0.39 is 29.7 Å². The van der Waals surface area contributed by atoms with E-state index >= 15 is 0 Å². The van der Waals surface area contributed by atoms with Gasteiger partial charge in [0.1, 0.15) is 0 Å². The molecule has 0 aliphatic heterocycles. The molecule has 0 spiro atoms. The molecule has 0 aromatic heterocycles. The van der Waals surface area contributed by atoms with Gasteiger partial charge in [-0.3, -0.25) is 4.79 Å². The molecule has 0 aromatic carbocycles. The maximum Gasteiger partial charge on any atom is 0.314 e. The molecule has 7 atom stereocenters. The summed E-state index contributed by atoms with van der Waals surface area (Å²) in [4.78, 5) is 12.0. The van der Waals surface area contributed by atoms with Crippen molar-refractivity contribution >= 4 is 5.97 Å². The molecule has 0 bridgehead atoms. The van der Waals surface area contributed by atoms with Crippen molar-refractivity contribution in [1.82, 2.24) is 0 Å². The van der Waals surface area contributed by atoms with Crippen LogP contribution in [0.15, 0.2) is 35.5 Å². The van der Waals surface area contributed by atoms with E-state index in [2.05, 4.69) is 32.1 Å². The lowest BCUT2D eigenvalue weighted by Crippen LogP contribution is -2.37. The quantitative estimate of drug-likeness (QED) is 0.395. The van der Waals surface area contributed by atoms with E-state index in [1.54, 1.807) is 19.9 Å². The van der Waals surface area contributed by atoms with Crippen LogP contribution in [-0.4, -0.2) is 46.7 Å². The molecule has 0 unspecified atom stereocenters. The van der Waals surface area contributed by atoms with Crippen molar-refractivity contribution in [2.45, 2.75) is 97.4 Å². The fourth-order valence-corrected chi connectivity index (χ4v) is 6.71. The summed E-state index contributed by atoms with van der Waals surface area (Å²) in [6, 6.07) is 0. The van der Waals surface area contributed by atoms with Gasteiger partial charge in [-0.25, -0.2) is 0 Å². The Labute approximate surface area is 199 Å². The summed E-state index contributed by atoms with van der Waals surface area (Å²) in [5.74, 6) is 0.986. The van der Waals surface area contributed by atoms with E-state index in [1.165, 1.54) is 31.9 Å². The first-order valence-electron chi connectivity index (χ1n) is 12.7. The van der Waals surface area contributed by atoms with E-state index in [0.29, 0.717) is 37.0 Å². The van der Waals surface area contributed by atoms with Crippen LogP contribution in [0.4, 0.5) is 0 Å². The summed E-state index contributed by atoms with van der Waals surface area (Å²) < 4.78 is 4.85. The highest BCUT2D eigenvalue weighted by Crippen LogP contribution is 2.59. The second kappa shape index (κ2) is 10.5. The fraction of sp³-hybridized carbons (Fsp3) is 0.750. The third-order valence-corrected chi connectivity index (χ3v) is 8.79. The number of esters is 1. The SMILES string of the molecule is COC(=O)C(C)(C)[C@H](O)/C=C/[C@@H](C)[C@H]1CC[C@H]2/C(=C/C=C3C[C@@H](O)C[C@H](O)C3)CCC[C@]12C. The molecule has 3 fully saturated rings. The van der Waals surface area contributed by atoms with E-state index in [0.717, 1.165) is 18.4 Å². The van der Waals surface area contributed by atoms with Crippen LogP contribution in [0.2, 0.25) is 0 Å². The van der Waals surface area contributed by atoms with E-state index in [9.17, 15) is 20.1 Å². The van der Waals surface area contributed by atoms with Gasteiger partial charge in [-0.05, 0) is 88.4 Å². The van der Waals surface area contributed by atoms with Crippen LogP contribution >= 0.6 is 0 Å². The van der Waals surface area contributed by atoms with Gasteiger partial charge in [0, 0.05) is 0 Å². The first-order valence-corrected chi connectivity index (χ1v) is 12.7. The molecule has 5 nitrogen and oxygen atoms in total. The average Bonchev–Trinajstić information content (AvgIpc) is 3.11. The summed E-state index contributed by atoms with van der Waals surface area (Å²) in [6.45, 7) is 8.09. The molecule has 3 saturated carbocycles. The lowest BCUT2D eigenvalue weighted by atomic mass is 9.61. The minimum absolute atomic E-state index is 0.223. The smallest absolute Gasteiger partial charge is 0.314 e. The highest BCUT2D eigenvalue weighted by Gasteiger charge is 2.50. The summed E-state index contributed by atoms with van der Waals surface area (Å²) in [5, 5.41) is 30.6. The number of ether oxygens (including phenoxy) is 1. The zero-order valence-electron chi connectivity index (χ0n) is 21.1. The fourth-order valence-electron chi connectivity index (χ4n) is 6.71. The lowest BCUT2D eigenvalue weighted by molar-refractivity contribution is -0.155. The predicted molar refractivity (Wildman–Crippen MR) is 130 cm³/mol. The van der Waals surface area contributed by atoms with Crippen molar-refractivity contribution in [2.24, 2.45) is 28.6 Å². The minimum Gasteiger partial charge on any atom is -0.469 e. The van der Waals surface area contributed by atoms with E-state index in [4.69, 9.17) is 4.74 Å². The maximum atomic E-state index is 12.0. The van der Waals surface area contributed by atoms with Crippen LogP contribution in [0, 0.1) is 28.6 Å². The Morgan fingerprint density at radius 1 is 1.15 bits per heavy atom. The largest absolute Gasteiger partial charge is 0.469 e. The Morgan fingerprint density at radius 3 is 2.45 bits per heavy atom. The van der Waals surface area contributed by atoms with Gasteiger partial charge in [-0.1, -0.05) is 49.3 Å². The van der Waals surface area contributed by atoms with Crippen LogP contribution in [0.3, 0.4) is 0 Å². The normalized spacial score (nSPS) is 36.0. The molecular weight excluding hydrogens is 416 g/mol. The number of carbonyl (C=O) groups is 1. The van der Waals surface area contributed by atoms with E-state index in [-0.39, 0.29) is 5.41 Å². The first-order chi connectivity index (χ1) is 15.5. The van der Waals surface area contributed by atoms with Crippen molar-refractivity contribution in [3.63, 3.8) is 0 Å². The summed E-state index contributed by atoms with van der Waals surface area (Å²) in [5.41, 5.74) is 1.91. The van der Waals surface area contributed by atoms with Gasteiger partial charge < -0.3 is 20.1 Å². The van der Waals surface area contributed by atoms with Crippen molar-refractivity contribution in [2.75, 3.05) is 7.11 Å². The topological polar surface area (TPSA) is 87.0 Å². The van der Waals surface area contributed by atoms with Gasteiger partial charge in [0.05, 0.1) is 30.8 Å². The molecule has 3 aliphatic carbocycles. The van der Waals surface area contributed by atoms with Gasteiger partial charge in [0.15, 0.2) is 0 Å². The molecule has 3 N–H and O–H groups in total. The Hall–Kier alpha value is -1.43. The Morgan fingerprint density at radius 2 is 1.82 bits per heavy atom. The Balaban J connectivity index is 1.72. The van der Waals surface area contributed by atoms with Gasteiger partial charge in [0.2, 0.25) is 0 Å². The van der Waals surface area contributed by atoms with Gasteiger partial charge in [0.25, 0.3) is 0 Å². The third kappa shape index (κ3) is 5.63. The third-order valence-electron chi connectivity index (χ3n) is 8.79. The zero-order valence-corrected chi connectivity index (χ0v) is 21.1. The molecule has 0 heterocycles. The highest BCUT2D eigenvalue weighted by atomic mass is 16.5. The number of hydrogen-bond donors (Lipinski definition) is 3. The summed E-state index contributed by atoms with van der Waals surface area (Å²) >= 11 is 0. The standard InChI is InChI=1S/C28H44O5/c1-18(8-13-25(31)27(2,3)26(32)33-5)23-11-12-24-20(7-6-14-28(23,24)4)10-9-19-15-21(29)17-22(30)16-19/h8-10,13,18,21-25,29-31H,6-7,11-12,14-17H2,1-5H3/b13-8+,20-10+/t18-,21-,22-,23-,24+,25-,28-/m1/s1. The van der Waals surface area contributed by atoms with Crippen LogP contribution in [0.5, 0.6) is 0 Å². The van der Waals surface area contributed by atoms with Crippen molar-refractivity contribution in [3.05, 3.63) is 35.5 Å². The summed E-state index contributed by atoms with van der Waals surface area (Å²) in [7, 11) is 1.35. The van der Waals surface area contributed by atoms with Gasteiger partial charge in [-0.15, -0.1) is 0 Å². The maximum absolute atomic E-state index is 12.0. The second-order valence-electron chi connectivity index (χ2n) is 11.5. The number of allylic oxidation sites excluding steroid dienone is 4. The minimum atomic E-state index is -0.971. The molecule has 3 rings (SSSR count). The molecule has 0 aromatic rings. The molecule has 0 radical (unpaired) electrons. The molecule has 33 heavy (non-hydrogen) atoms. The highest BCUT2D eigenvalue weighted by molar-refractivity contribution is 5.76. The van der Waals surface area contributed by atoms with Crippen LogP contribution in [-0.2, 0) is 9.53 Å². The number of hydrogen-bond acceptors (Lipinski definition) is 5. The average molecular weight is 461 g/mol. The zero-order chi connectivity index (χ0) is 24.4. The Bertz CT molecular complexity index is 782. The van der Waals surface area contributed by atoms with Crippen LogP contribution in [0.1, 0.15) is 79.1 Å². The van der Waals surface area contributed by atoms with Crippen molar-refractivity contribution < 1.29 is 24.9 Å². The number of rotatable bonds is 6. The molecular formula is C28H44O5. The second-order valence-corrected chi connectivity index (χ2v) is 11.5. The molecule has 5 heteroatoms. The summed E-state index contributed by atoms with van der Waals surface area (Å²) in [6.07, 6.45) is 14.2. The van der Waals surface area contributed by atoms with E-state index in [1.807, 2.05) is 0 Å². The molecule has 0 amide bonds. The van der Waals surface area contributed by atoms with Crippen LogP contribution in [0.25, 0.3) is 0 Å². The van der Waals surface area contributed by atoms with Gasteiger partial charge >= 0.3 is 5.97 Å². The van der Waals surface area contributed by atoms with Gasteiger partial charge in [-0.2, -0.15) is 0 Å². The molecule has 186 valence electrons. The van der Waals surface area contributed by atoms with Crippen molar-refractivity contribution in [1.29, 1.82) is 0 Å². The molecule has 0 saturated heterocycles. The lowest BCUT2D eigenvalue weighted by Gasteiger charge is -2.44. The van der Waals surface area contributed by atoms with Crippen LogP contribution < -0.4 is 0 Å².